The molecule has 1 aromatic carbocycles. The number of carbonyl (C=O) groups excluding carboxylic acids is 1. The van der Waals surface area contributed by atoms with E-state index < -0.39 is 9.84 Å². The van der Waals surface area contributed by atoms with E-state index in [-0.39, 0.29) is 23.5 Å². The van der Waals surface area contributed by atoms with Gasteiger partial charge in [-0.15, -0.1) is 0 Å². The second-order valence-corrected chi connectivity index (χ2v) is 7.41. The number of anilines is 1. The number of nitrogens with one attached hydrogen (secondary N) is 1. The predicted octanol–water partition coefficient (Wildman–Crippen LogP) is 1.77. The number of aryl methyl sites for hydroxylation is 1. The quantitative estimate of drug-likeness (QED) is 0.861. The highest BCUT2D eigenvalue weighted by molar-refractivity contribution is 7.91. The Hall–Kier alpha value is -1.56. The summed E-state index contributed by atoms with van der Waals surface area (Å²) in [5.74, 6) is 0.00776. The largest absolute Gasteiger partial charge is 0.465 e. The third kappa shape index (κ3) is 3.50. The van der Waals surface area contributed by atoms with Crippen LogP contribution in [-0.2, 0) is 14.6 Å². The van der Waals surface area contributed by atoms with E-state index in [9.17, 15) is 13.2 Å². The fraction of sp³-hybridized carbons (Fsp3) is 0.500. The fourth-order valence-electron chi connectivity index (χ4n) is 2.32. The van der Waals surface area contributed by atoms with Gasteiger partial charge in [0.25, 0.3) is 0 Å². The van der Waals surface area contributed by atoms with Gasteiger partial charge in [-0.3, -0.25) is 0 Å². The van der Waals surface area contributed by atoms with Crippen LogP contribution in [0.25, 0.3) is 0 Å². The normalized spacial score (nSPS) is 18.5. The van der Waals surface area contributed by atoms with E-state index in [4.69, 9.17) is 4.74 Å². The Morgan fingerprint density at radius 2 is 1.95 bits per heavy atom. The van der Waals surface area contributed by atoms with Crippen molar-refractivity contribution in [2.24, 2.45) is 0 Å². The topological polar surface area (TPSA) is 72.5 Å². The second kappa shape index (κ2) is 5.83. The van der Waals surface area contributed by atoms with Gasteiger partial charge >= 0.3 is 5.97 Å². The van der Waals surface area contributed by atoms with Crippen molar-refractivity contribution in [3.05, 3.63) is 29.3 Å². The molecule has 1 aliphatic heterocycles. The van der Waals surface area contributed by atoms with E-state index in [2.05, 4.69) is 5.32 Å². The highest BCUT2D eigenvalue weighted by atomic mass is 32.2. The molecule has 1 fully saturated rings. The molecule has 2 rings (SSSR count). The molecular weight excluding hydrogens is 278 g/mol. The minimum absolute atomic E-state index is 0.0737. The molecule has 0 bridgehead atoms. The van der Waals surface area contributed by atoms with Crippen LogP contribution in [0.15, 0.2) is 18.2 Å². The van der Waals surface area contributed by atoms with Gasteiger partial charge in [0.15, 0.2) is 0 Å². The van der Waals surface area contributed by atoms with E-state index in [0.29, 0.717) is 24.1 Å². The van der Waals surface area contributed by atoms with Crippen molar-refractivity contribution in [3.8, 4) is 0 Å². The van der Waals surface area contributed by atoms with Crippen LogP contribution in [-0.4, -0.2) is 39.0 Å². The Morgan fingerprint density at radius 1 is 1.30 bits per heavy atom. The van der Waals surface area contributed by atoms with Crippen LogP contribution >= 0.6 is 0 Å². The van der Waals surface area contributed by atoms with Gasteiger partial charge in [0.2, 0.25) is 0 Å². The molecule has 20 heavy (non-hydrogen) atoms. The van der Waals surface area contributed by atoms with Gasteiger partial charge in [-0.2, -0.15) is 0 Å². The van der Waals surface area contributed by atoms with Crippen molar-refractivity contribution in [1.29, 1.82) is 0 Å². The zero-order valence-electron chi connectivity index (χ0n) is 11.7. The third-order valence-corrected chi connectivity index (χ3v) is 5.21. The Kier molecular flexibility index (Phi) is 4.32. The van der Waals surface area contributed by atoms with E-state index in [1.165, 1.54) is 7.11 Å². The molecule has 0 aliphatic carbocycles. The summed E-state index contributed by atoms with van der Waals surface area (Å²) in [5.41, 5.74) is 2.16. The lowest BCUT2D eigenvalue weighted by atomic mass is 10.1. The average Bonchev–Trinajstić information content (AvgIpc) is 2.42. The number of hydrogen-bond acceptors (Lipinski definition) is 5. The number of carbonyl (C=O) groups is 1. The Labute approximate surface area is 119 Å². The minimum atomic E-state index is -2.88. The first-order chi connectivity index (χ1) is 9.41. The van der Waals surface area contributed by atoms with E-state index in [0.717, 1.165) is 5.56 Å². The van der Waals surface area contributed by atoms with Crippen LogP contribution in [0, 0.1) is 6.92 Å². The molecule has 0 radical (unpaired) electrons. The van der Waals surface area contributed by atoms with Crippen molar-refractivity contribution in [2.45, 2.75) is 25.8 Å². The van der Waals surface area contributed by atoms with Crippen LogP contribution in [0.3, 0.4) is 0 Å². The lowest BCUT2D eigenvalue weighted by Gasteiger charge is -2.25. The first-order valence-electron chi connectivity index (χ1n) is 6.57. The summed E-state index contributed by atoms with van der Waals surface area (Å²) in [6.45, 7) is 1.91. The molecule has 5 nitrogen and oxygen atoms in total. The maximum absolute atomic E-state index is 11.8. The second-order valence-electron chi connectivity index (χ2n) is 5.11. The summed E-state index contributed by atoms with van der Waals surface area (Å²) in [5, 5.41) is 3.26. The number of benzene rings is 1. The van der Waals surface area contributed by atoms with E-state index in [1.54, 1.807) is 6.07 Å². The molecule has 0 saturated carbocycles. The smallest absolute Gasteiger partial charge is 0.339 e. The standard InChI is InChI=1S/C14H19NO4S/c1-10-3-4-13(12(9-10)14(16)19-2)15-11-5-7-20(17,18)8-6-11/h3-4,9,11,15H,5-8H2,1-2H3. The highest BCUT2D eigenvalue weighted by Gasteiger charge is 2.24. The molecule has 0 atom stereocenters. The predicted molar refractivity (Wildman–Crippen MR) is 77.8 cm³/mol. The van der Waals surface area contributed by atoms with Crippen LogP contribution < -0.4 is 5.32 Å². The van der Waals surface area contributed by atoms with Gasteiger partial charge in [-0.1, -0.05) is 11.6 Å². The van der Waals surface area contributed by atoms with Gasteiger partial charge in [-0.25, -0.2) is 13.2 Å². The van der Waals surface area contributed by atoms with Gasteiger partial charge < -0.3 is 10.1 Å². The maximum atomic E-state index is 11.8. The van der Waals surface area contributed by atoms with E-state index in [1.807, 2.05) is 19.1 Å². The zero-order chi connectivity index (χ0) is 14.8. The molecule has 1 saturated heterocycles. The molecule has 6 heteroatoms. The number of esters is 1. The summed E-state index contributed by atoms with van der Waals surface area (Å²) in [6, 6.07) is 5.59. The molecule has 1 N–H and O–H groups in total. The van der Waals surface area contributed by atoms with E-state index >= 15 is 0 Å². The van der Waals surface area contributed by atoms with Crippen LogP contribution in [0.1, 0.15) is 28.8 Å². The Bertz CT molecular complexity index is 596. The van der Waals surface area contributed by atoms with Crippen molar-refractivity contribution < 1.29 is 17.9 Å². The molecule has 0 unspecified atom stereocenters. The monoisotopic (exact) mass is 297 g/mol. The summed E-state index contributed by atoms with van der Waals surface area (Å²) in [4.78, 5) is 11.8. The SMILES string of the molecule is COC(=O)c1cc(C)ccc1NC1CCS(=O)(=O)CC1. The first-order valence-corrected chi connectivity index (χ1v) is 8.39. The molecule has 0 spiro atoms. The Balaban J connectivity index is 2.15. The lowest BCUT2D eigenvalue weighted by Crippen LogP contribution is -2.32. The molecule has 1 heterocycles. The van der Waals surface area contributed by atoms with Crippen molar-refractivity contribution in [3.63, 3.8) is 0 Å². The van der Waals surface area contributed by atoms with Crippen LogP contribution in [0.2, 0.25) is 0 Å². The molecule has 1 aliphatic rings. The summed E-state index contributed by atoms with van der Waals surface area (Å²) >= 11 is 0. The number of ether oxygens (including phenoxy) is 1. The molecular formula is C14H19NO4S. The van der Waals surface area contributed by atoms with Crippen molar-refractivity contribution in [1.82, 2.24) is 0 Å². The number of sulfone groups is 1. The lowest BCUT2D eigenvalue weighted by molar-refractivity contribution is 0.0601. The summed E-state index contributed by atoms with van der Waals surface area (Å²) < 4.78 is 27.6. The van der Waals surface area contributed by atoms with Gasteiger partial charge in [0.1, 0.15) is 9.84 Å². The number of rotatable bonds is 3. The van der Waals surface area contributed by atoms with Gasteiger partial charge in [-0.05, 0) is 31.9 Å². The minimum Gasteiger partial charge on any atom is -0.465 e. The maximum Gasteiger partial charge on any atom is 0.339 e. The van der Waals surface area contributed by atoms with Crippen molar-refractivity contribution >= 4 is 21.5 Å². The molecule has 0 aromatic heterocycles. The first kappa shape index (κ1) is 14.8. The van der Waals surface area contributed by atoms with Crippen LogP contribution in [0.5, 0.6) is 0 Å². The zero-order valence-corrected chi connectivity index (χ0v) is 12.5. The average molecular weight is 297 g/mol. The third-order valence-electron chi connectivity index (χ3n) is 3.49. The summed E-state index contributed by atoms with van der Waals surface area (Å²) in [7, 11) is -1.53. The molecule has 1 aromatic rings. The highest BCUT2D eigenvalue weighted by Crippen LogP contribution is 2.23. The Morgan fingerprint density at radius 3 is 2.55 bits per heavy atom. The molecule has 110 valence electrons. The van der Waals surface area contributed by atoms with Crippen molar-refractivity contribution in [2.75, 3.05) is 23.9 Å². The summed E-state index contributed by atoms with van der Waals surface area (Å²) in [6.07, 6.45) is 1.13. The van der Waals surface area contributed by atoms with Gasteiger partial charge in [0.05, 0.1) is 24.2 Å². The fourth-order valence-corrected chi connectivity index (χ4v) is 3.81. The number of methoxy groups -OCH3 is 1. The number of hydrogen-bond donors (Lipinski definition) is 1. The molecule has 0 amide bonds. The van der Waals surface area contributed by atoms with Crippen LogP contribution in [0.4, 0.5) is 5.69 Å². The van der Waals surface area contributed by atoms with Gasteiger partial charge in [0, 0.05) is 11.7 Å².